The molecule has 0 unspecified atom stereocenters. The lowest BCUT2D eigenvalue weighted by Crippen LogP contribution is -2.40. The fourth-order valence-electron chi connectivity index (χ4n) is 4.03. The first-order chi connectivity index (χ1) is 14.6. The minimum Gasteiger partial charge on any atom is -0.451 e. The van der Waals surface area contributed by atoms with Crippen LogP contribution in [0.4, 0.5) is 4.39 Å². The number of hydrogen-bond donors (Lipinski definition) is 0. The Labute approximate surface area is 171 Å². The molecule has 2 aromatic heterocycles. The summed E-state index contributed by atoms with van der Waals surface area (Å²) in [4.78, 5) is 26.9. The normalized spacial score (nSPS) is 15.0. The van der Waals surface area contributed by atoms with Gasteiger partial charge in [-0.2, -0.15) is 0 Å². The molecule has 2 aromatic carbocycles. The van der Waals surface area contributed by atoms with Crippen molar-refractivity contribution in [3.8, 4) is 11.3 Å². The van der Waals surface area contributed by atoms with Gasteiger partial charge in [-0.3, -0.25) is 9.36 Å². The number of hydrogen-bond acceptors (Lipinski definition) is 4. The number of nitrogens with zero attached hydrogens (tertiary/aromatic N) is 2. The Morgan fingerprint density at radius 3 is 2.43 bits per heavy atom. The number of para-hydroxylation sites is 2. The average molecular weight is 406 g/mol. The number of piperidine rings is 1. The van der Waals surface area contributed by atoms with E-state index in [9.17, 15) is 14.0 Å². The van der Waals surface area contributed by atoms with Crippen LogP contribution in [0.25, 0.3) is 22.4 Å². The first-order valence-electron chi connectivity index (χ1n) is 9.85. The lowest BCUT2D eigenvalue weighted by molar-refractivity contribution is 0.0662. The largest absolute Gasteiger partial charge is 0.451 e. The van der Waals surface area contributed by atoms with Crippen molar-refractivity contribution in [3.63, 3.8) is 0 Å². The number of amides is 1. The van der Waals surface area contributed by atoms with Gasteiger partial charge in [0.25, 0.3) is 5.91 Å². The Morgan fingerprint density at radius 2 is 1.67 bits per heavy atom. The molecule has 3 heterocycles. The summed E-state index contributed by atoms with van der Waals surface area (Å²) in [6, 6.07) is 16.6. The average Bonchev–Trinajstić information content (AvgIpc) is 3.38. The van der Waals surface area contributed by atoms with Crippen LogP contribution in [0.15, 0.2) is 74.3 Å². The van der Waals surface area contributed by atoms with E-state index in [1.807, 2.05) is 18.2 Å². The fraction of sp³-hybridized carbons (Fsp3) is 0.217. The summed E-state index contributed by atoms with van der Waals surface area (Å²) in [5, 5.41) is 0. The predicted octanol–water partition coefficient (Wildman–Crippen LogP) is 4.47. The van der Waals surface area contributed by atoms with E-state index in [-0.39, 0.29) is 29.3 Å². The molecule has 5 rings (SSSR count). The fourth-order valence-corrected chi connectivity index (χ4v) is 4.03. The number of carbonyl (C=O) groups is 1. The third-order valence-corrected chi connectivity index (χ3v) is 5.58. The van der Waals surface area contributed by atoms with Crippen LogP contribution in [-0.2, 0) is 0 Å². The molecule has 1 amide bonds. The third kappa shape index (κ3) is 3.22. The van der Waals surface area contributed by atoms with Crippen LogP contribution < -0.4 is 5.76 Å². The zero-order valence-corrected chi connectivity index (χ0v) is 16.1. The molecule has 4 aromatic rings. The molecule has 0 saturated carbocycles. The number of likely N-dealkylation sites (tertiary alicyclic amines) is 1. The molecule has 1 aliphatic heterocycles. The lowest BCUT2D eigenvalue weighted by Gasteiger charge is -2.31. The summed E-state index contributed by atoms with van der Waals surface area (Å²) in [6.07, 6.45) is 1.31. The van der Waals surface area contributed by atoms with Crippen LogP contribution in [0.2, 0.25) is 0 Å². The monoisotopic (exact) mass is 406 g/mol. The highest BCUT2D eigenvalue weighted by atomic mass is 19.1. The summed E-state index contributed by atoms with van der Waals surface area (Å²) in [5.41, 5.74) is 2.06. The van der Waals surface area contributed by atoms with Crippen LogP contribution in [0.1, 0.15) is 29.4 Å². The van der Waals surface area contributed by atoms with Gasteiger partial charge in [0, 0.05) is 24.7 Å². The molecule has 0 atom stereocenters. The second kappa shape index (κ2) is 7.33. The number of carbonyl (C=O) groups excluding carboxylic acids is 1. The van der Waals surface area contributed by atoms with E-state index in [2.05, 4.69) is 0 Å². The number of rotatable bonds is 3. The second-order valence-corrected chi connectivity index (χ2v) is 7.40. The van der Waals surface area contributed by atoms with Gasteiger partial charge < -0.3 is 13.7 Å². The van der Waals surface area contributed by atoms with Crippen LogP contribution in [0, 0.1) is 5.82 Å². The molecule has 30 heavy (non-hydrogen) atoms. The third-order valence-electron chi connectivity index (χ3n) is 5.58. The van der Waals surface area contributed by atoms with E-state index in [4.69, 9.17) is 8.83 Å². The van der Waals surface area contributed by atoms with Crippen molar-refractivity contribution in [1.82, 2.24) is 9.47 Å². The van der Waals surface area contributed by atoms with Crippen molar-refractivity contribution in [2.24, 2.45) is 0 Å². The van der Waals surface area contributed by atoms with Crippen molar-refractivity contribution in [3.05, 3.63) is 82.8 Å². The molecular weight excluding hydrogens is 387 g/mol. The Hall–Kier alpha value is -3.61. The van der Waals surface area contributed by atoms with Crippen molar-refractivity contribution >= 4 is 17.0 Å². The van der Waals surface area contributed by atoms with Crippen LogP contribution >= 0.6 is 0 Å². The molecule has 0 N–H and O–H groups in total. The molecule has 0 aliphatic carbocycles. The van der Waals surface area contributed by atoms with Gasteiger partial charge in [-0.15, -0.1) is 0 Å². The minimum atomic E-state index is -0.365. The van der Waals surface area contributed by atoms with E-state index >= 15 is 0 Å². The highest BCUT2D eigenvalue weighted by Crippen LogP contribution is 2.28. The maximum Gasteiger partial charge on any atom is 0.420 e. The lowest BCUT2D eigenvalue weighted by atomic mass is 10.0. The van der Waals surface area contributed by atoms with E-state index < -0.39 is 0 Å². The Bertz CT molecular complexity index is 1260. The summed E-state index contributed by atoms with van der Waals surface area (Å²) < 4.78 is 25.8. The van der Waals surface area contributed by atoms with Gasteiger partial charge in [0.05, 0.1) is 5.52 Å². The molecular formula is C23H19FN2O4. The zero-order chi connectivity index (χ0) is 20.7. The van der Waals surface area contributed by atoms with Gasteiger partial charge in [0.2, 0.25) is 0 Å². The first-order valence-corrected chi connectivity index (χ1v) is 9.85. The molecule has 1 fully saturated rings. The Morgan fingerprint density at radius 1 is 0.933 bits per heavy atom. The van der Waals surface area contributed by atoms with E-state index in [0.29, 0.717) is 42.8 Å². The number of fused-ring (bicyclic) bond motifs is 1. The van der Waals surface area contributed by atoms with Crippen molar-refractivity contribution in [1.29, 1.82) is 0 Å². The molecule has 0 bridgehead atoms. The SMILES string of the molecule is O=C(c1ccc(-c2ccc(F)cc2)o1)N1CCC(n2c(=O)oc3ccccc32)CC1. The standard InChI is InChI=1S/C23H19FN2O4/c24-16-7-5-15(6-8-16)19-9-10-21(29-19)22(27)25-13-11-17(12-14-25)26-18-3-1-2-4-20(18)30-23(26)28/h1-10,17H,11-14H2. The second-order valence-electron chi connectivity index (χ2n) is 7.40. The van der Waals surface area contributed by atoms with Gasteiger partial charge in [-0.05, 0) is 61.4 Å². The number of furan rings is 1. The molecule has 6 nitrogen and oxygen atoms in total. The van der Waals surface area contributed by atoms with Crippen LogP contribution in [0.3, 0.4) is 0 Å². The first kappa shape index (κ1) is 18.4. The highest BCUT2D eigenvalue weighted by molar-refractivity contribution is 5.92. The molecule has 1 aliphatic rings. The van der Waals surface area contributed by atoms with E-state index in [0.717, 1.165) is 5.52 Å². The smallest absolute Gasteiger partial charge is 0.420 e. The predicted molar refractivity (Wildman–Crippen MR) is 109 cm³/mol. The van der Waals surface area contributed by atoms with Gasteiger partial charge >= 0.3 is 5.76 Å². The van der Waals surface area contributed by atoms with Gasteiger partial charge in [0.1, 0.15) is 11.6 Å². The van der Waals surface area contributed by atoms with E-state index in [1.165, 1.54) is 12.1 Å². The highest BCUT2D eigenvalue weighted by Gasteiger charge is 2.28. The van der Waals surface area contributed by atoms with Crippen molar-refractivity contribution in [2.45, 2.75) is 18.9 Å². The summed E-state index contributed by atoms with van der Waals surface area (Å²) in [5.74, 6) is -0.112. The summed E-state index contributed by atoms with van der Waals surface area (Å²) in [6.45, 7) is 1.03. The topological polar surface area (TPSA) is 68.6 Å². The maximum absolute atomic E-state index is 13.1. The maximum atomic E-state index is 13.1. The molecule has 1 saturated heterocycles. The van der Waals surface area contributed by atoms with Gasteiger partial charge in [-0.25, -0.2) is 9.18 Å². The van der Waals surface area contributed by atoms with Crippen LogP contribution in [0.5, 0.6) is 0 Å². The van der Waals surface area contributed by atoms with E-state index in [1.54, 1.807) is 39.8 Å². The van der Waals surface area contributed by atoms with Gasteiger partial charge in [-0.1, -0.05) is 12.1 Å². The van der Waals surface area contributed by atoms with Crippen molar-refractivity contribution < 1.29 is 18.0 Å². The summed E-state index contributed by atoms with van der Waals surface area (Å²) >= 11 is 0. The molecule has 0 radical (unpaired) electrons. The minimum absolute atomic E-state index is 0.0171. The van der Waals surface area contributed by atoms with Gasteiger partial charge in [0.15, 0.2) is 11.3 Å². The molecule has 7 heteroatoms. The molecule has 152 valence electrons. The number of halogens is 1. The summed E-state index contributed by atoms with van der Waals surface area (Å²) in [7, 11) is 0. The Balaban J connectivity index is 1.30. The molecule has 0 spiro atoms. The quantitative estimate of drug-likeness (QED) is 0.503. The number of oxazole rings is 1. The van der Waals surface area contributed by atoms with Crippen LogP contribution in [-0.4, -0.2) is 28.5 Å². The van der Waals surface area contributed by atoms with Crippen molar-refractivity contribution in [2.75, 3.05) is 13.1 Å². The number of aromatic nitrogens is 1. The number of benzene rings is 2. The zero-order valence-electron chi connectivity index (χ0n) is 16.1. The Kier molecular flexibility index (Phi) is 4.50.